The van der Waals surface area contributed by atoms with Crippen molar-refractivity contribution in [2.45, 2.75) is 6.18 Å². The first-order chi connectivity index (χ1) is 7.75. The van der Waals surface area contributed by atoms with Crippen molar-refractivity contribution in [1.29, 1.82) is 0 Å². The van der Waals surface area contributed by atoms with E-state index >= 15 is 0 Å². The van der Waals surface area contributed by atoms with Crippen LogP contribution in [0.2, 0.25) is 10.0 Å². The van der Waals surface area contributed by atoms with Crippen LogP contribution in [0.4, 0.5) is 18.9 Å². The highest BCUT2D eigenvalue weighted by Gasteiger charge is 2.34. The summed E-state index contributed by atoms with van der Waals surface area (Å²) in [5.41, 5.74) is -0.171. The fourth-order valence-corrected chi connectivity index (χ4v) is 1.52. The number of aliphatic imine (C=N–C) groups is 1. The zero-order valence-corrected chi connectivity index (χ0v) is 10.5. The molecule has 1 aromatic carbocycles. The Morgan fingerprint density at radius 1 is 1.24 bits per heavy atom. The predicted molar refractivity (Wildman–Crippen MR) is 62.0 cm³/mol. The topological polar surface area (TPSA) is 21.6 Å². The Balaban J connectivity index is 3.24. The van der Waals surface area contributed by atoms with Crippen molar-refractivity contribution in [3.63, 3.8) is 0 Å². The predicted octanol–water partition coefficient (Wildman–Crippen LogP) is 4.83. The van der Waals surface area contributed by atoms with E-state index in [9.17, 15) is 13.2 Å². The smallest absolute Gasteiger partial charge is 0.444 e. The monoisotopic (exact) mass is 305 g/mol. The first-order valence-corrected chi connectivity index (χ1v) is 5.23. The second-order valence-electron chi connectivity index (χ2n) is 2.84. The summed E-state index contributed by atoms with van der Waals surface area (Å²) in [5, 5.41) is -1.42. The number of nitrogens with zero attached hydrogens (tertiary/aromatic N) is 1. The Labute approximate surface area is 110 Å². The van der Waals surface area contributed by atoms with Gasteiger partial charge in [0.1, 0.15) is 5.75 Å². The lowest BCUT2D eigenvalue weighted by molar-refractivity contribution is -0.0558. The van der Waals surface area contributed by atoms with Crippen molar-refractivity contribution < 1.29 is 17.9 Å². The average molecular weight is 306 g/mol. The maximum absolute atomic E-state index is 12.2. The van der Waals surface area contributed by atoms with E-state index in [-0.39, 0.29) is 21.5 Å². The number of ether oxygens (including phenoxy) is 1. The second-order valence-corrected chi connectivity index (χ2v) is 4.01. The van der Waals surface area contributed by atoms with Gasteiger partial charge in [0, 0.05) is 6.07 Å². The standard InChI is InChI=1S/C9H5Cl3F3NO/c1-17-7-3-6(4(10)2-5(7)11)16-8(12)9(13,14)15/h2-3H,1H3. The van der Waals surface area contributed by atoms with E-state index in [0.29, 0.717) is 0 Å². The van der Waals surface area contributed by atoms with Crippen LogP contribution in [0.25, 0.3) is 0 Å². The molecule has 0 N–H and O–H groups in total. The molecule has 0 spiro atoms. The molecule has 0 aliphatic heterocycles. The largest absolute Gasteiger partial charge is 0.495 e. The fraction of sp³-hybridized carbons (Fsp3) is 0.222. The minimum Gasteiger partial charge on any atom is -0.495 e. The molecule has 0 heterocycles. The molecule has 0 unspecified atom stereocenters. The molecule has 0 radical (unpaired) electrons. The number of benzene rings is 1. The van der Waals surface area contributed by atoms with E-state index in [2.05, 4.69) is 4.99 Å². The maximum Gasteiger partial charge on any atom is 0.444 e. The van der Waals surface area contributed by atoms with Crippen molar-refractivity contribution in [2.75, 3.05) is 7.11 Å². The molecule has 1 rings (SSSR count). The van der Waals surface area contributed by atoms with Gasteiger partial charge >= 0.3 is 6.18 Å². The molecule has 0 aromatic heterocycles. The number of halogens is 6. The number of hydrogen-bond donors (Lipinski definition) is 0. The van der Waals surface area contributed by atoms with Gasteiger partial charge in [0.25, 0.3) is 0 Å². The summed E-state index contributed by atoms with van der Waals surface area (Å²) in [7, 11) is 1.31. The number of rotatable bonds is 2. The zero-order valence-electron chi connectivity index (χ0n) is 8.28. The van der Waals surface area contributed by atoms with Gasteiger partial charge in [-0.2, -0.15) is 13.2 Å². The van der Waals surface area contributed by atoms with Gasteiger partial charge in [-0.3, -0.25) is 0 Å². The van der Waals surface area contributed by atoms with Crippen molar-refractivity contribution in [1.82, 2.24) is 0 Å². The quantitative estimate of drug-likeness (QED) is 0.717. The van der Waals surface area contributed by atoms with Gasteiger partial charge in [-0.25, -0.2) is 4.99 Å². The normalized spacial score (nSPS) is 12.8. The summed E-state index contributed by atoms with van der Waals surface area (Å²) in [6.45, 7) is 0. The Morgan fingerprint density at radius 3 is 2.29 bits per heavy atom. The van der Waals surface area contributed by atoms with E-state index in [1.807, 2.05) is 0 Å². The van der Waals surface area contributed by atoms with Gasteiger partial charge in [-0.1, -0.05) is 34.8 Å². The number of methoxy groups -OCH3 is 1. The molecule has 8 heteroatoms. The number of alkyl halides is 3. The van der Waals surface area contributed by atoms with Crippen molar-refractivity contribution in [3.8, 4) is 5.75 Å². The molecule has 0 bridgehead atoms. The molecule has 17 heavy (non-hydrogen) atoms. The second kappa shape index (κ2) is 5.33. The molecule has 0 aliphatic carbocycles. The van der Waals surface area contributed by atoms with Gasteiger partial charge in [-0.05, 0) is 6.07 Å². The third-order valence-corrected chi connectivity index (χ3v) is 2.57. The SMILES string of the molecule is COc1cc(N=C(Cl)C(F)(F)F)c(Cl)cc1Cl. The van der Waals surface area contributed by atoms with Crippen LogP contribution in [-0.4, -0.2) is 18.5 Å². The van der Waals surface area contributed by atoms with E-state index in [1.54, 1.807) is 0 Å². The van der Waals surface area contributed by atoms with Crippen molar-refractivity contribution in [3.05, 3.63) is 22.2 Å². The molecule has 94 valence electrons. The van der Waals surface area contributed by atoms with Crippen LogP contribution < -0.4 is 4.74 Å². The Hall–Kier alpha value is -0.650. The molecular weight excluding hydrogens is 301 g/mol. The summed E-state index contributed by atoms with van der Waals surface area (Å²) in [5.74, 6) is 0.154. The van der Waals surface area contributed by atoms with E-state index in [4.69, 9.17) is 39.5 Å². The molecule has 0 saturated carbocycles. The van der Waals surface area contributed by atoms with E-state index in [0.717, 1.165) is 0 Å². The van der Waals surface area contributed by atoms with Gasteiger partial charge in [0.05, 0.1) is 22.8 Å². The van der Waals surface area contributed by atoms with Crippen LogP contribution in [-0.2, 0) is 0 Å². The molecule has 0 amide bonds. The highest BCUT2D eigenvalue weighted by Crippen LogP contribution is 2.37. The van der Waals surface area contributed by atoms with Gasteiger partial charge in [0.2, 0.25) is 5.17 Å². The van der Waals surface area contributed by atoms with Crippen LogP contribution in [0.15, 0.2) is 17.1 Å². The lowest BCUT2D eigenvalue weighted by atomic mass is 10.3. The molecule has 2 nitrogen and oxygen atoms in total. The van der Waals surface area contributed by atoms with Crippen molar-refractivity contribution >= 4 is 45.7 Å². The highest BCUT2D eigenvalue weighted by atomic mass is 35.5. The van der Waals surface area contributed by atoms with Crippen LogP contribution >= 0.6 is 34.8 Å². The summed E-state index contributed by atoms with van der Waals surface area (Å²) in [6.07, 6.45) is -4.72. The lowest BCUT2D eigenvalue weighted by Gasteiger charge is -2.07. The summed E-state index contributed by atoms with van der Waals surface area (Å²) in [6, 6.07) is 2.39. The van der Waals surface area contributed by atoms with Crippen LogP contribution in [0.1, 0.15) is 0 Å². The highest BCUT2D eigenvalue weighted by molar-refractivity contribution is 6.67. The average Bonchev–Trinajstić information content (AvgIpc) is 2.20. The van der Waals surface area contributed by atoms with Gasteiger partial charge in [0.15, 0.2) is 0 Å². The van der Waals surface area contributed by atoms with Crippen LogP contribution in [0.5, 0.6) is 5.75 Å². The number of hydrogen-bond acceptors (Lipinski definition) is 2. The molecular formula is C9H5Cl3F3NO. The first kappa shape index (κ1) is 14.4. The Kier molecular flexibility index (Phi) is 4.52. The third kappa shape index (κ3) is 3.66. The van der Waals surface area contributed by atoms with Crippen molar-refractivity contribution in [2.24, 2.45) is 4.99 Å². The van der Waals surface area contributed by atoms with Crippen LogP contribution in [0, 0.1) is 0 Å². The maximum atomic E-state index is 12.2. The van der Waals surface area contributed by atoms with Gasteiger partial charge < -0.3 is 4.74 Å². The minimum absolute atomic E-state index is 0.0572. The molecule has 0 fully saturated rings. The molecule has 1 aromatic rings. The summed E-state index contributed by atoms with van der Waals surface area (Å²) < 4.78 is 41.3. The summed E-state index contributed by atoms with van der Waals surface area (Å²) >= 11 is 16.4. The minimum atomic E-state index is -4.72. The molecule has 0 saturated heterocycles. The zero-order chi connectivity index (χ0) is 13.2. The molecule has 0 atom stereocenters. The van der Waals surface area contributed by atoms with Crippen LogP contribution in [0.3, 0.4) is 0 Å². The lowest BCUT2D eigenvalue weighted by Crippen LogP contribution is -2.16. The molecule has 0 aliphatic rings. The fourth-order valence-electron chi connectivity index (χ4n) is 0.930. The Bertz CT molecular complexity index is 460. The van der Waals surface area contributed by atoms with E-state index in [1.165, 1.54) is 19.2 Å². The van der Waals surface area contributed by atoms with Gasteiger partial charge in [-0.15, -0.1) is 0 Å². The van der Waals surface area contributed by atoms with E-state index < -0.39 is 11.3 Å². The summed E-state index contributed by atoms with van der Waals surface area (Å²) in [4.78, 5) is 3.17. The third-order valence-electron chi connectivity index (χ3n) is 1.67. The first-order valence-electron chi connectivity index (χ1n) is 4.10. The Morgan fingerprint density at radius 2 is 1.82 bits per heavy atom.